The predicted molar refractivity (Wildman–Crippen MR) is 137 cm³/mol. The molecule has 180 valence electrons. The quantitative estimate of drug-likeness (QED) is 0.208. The van der Waals surface area contributed by atoms with Crippen molar-refractivity contribution in [3.8, 4) is 11.5 Å². The summed E-state index contributed by atoms with van der Waals surface area (Å²) in [5.41, 5.74) is 0.919. The van der Waals surface area contributed by atoms with E-state index in [9.17, 15) is 0 Å². The number of hydrogen-bond donors (Lipinski definition) is 2. The number of nitrogens with one attached hydrogen (secondary N) is 2. The standard InChI is InChI=1S/C23H36N4O4.HI/c1-27-9-13-29-20(16-27)15-25-23(24-8-2-10-28-17-18-4-5-18)26-19-6-7-21-22(14-19)31-12-3-11-30-21;/h6-7,14,18,20H,2-5,8-13,15-17H2,1H3,(H2,24,25,26);1H. The summed E-state index contributed by atoms with van der Waals surface area (Å²) in [5, 5.41) is 6.85. The zero-order chi connectivity index (χ0) is 21.3. The molecule has 0 aromatic heterocycles. The Morgan fingerprint density at radius 3 is 2.84 bits per heavy atom. The number of rotatable bonds is 9. The fraction of sp³-hybridized carbons (Fsp3) is 0.696. The molecular formula is C23H37IN4O4. The maximum absolute atomic E-state index is 5.86. The van der Waals surface area contributed by atoms with Crippen molar-refractivity contribution in [2.45, 2.75) is 31.8 Å². The van der Waals surface area contributed by atoms with Crippen LogP contribution in [0.1, 0.15) is 25.7 Å². The van der Waals surface area contributed by atoms with Crippen molar-refractivity contribution < 1.29 is 18.9 Å². The molecule has 2 aliphatic heterocycles. The SMILES string of the molecule is CN1CCOC(CN=C(NCCCOCC2CC2)Nc2ccc3c(c2)OCCCO3)C1.I. The first-order chi connectivity index (χ1) is 15.3. The van der Waals surface area contributed by atoms with E-state index in [0.29, 0.717) is 19.8 Å². The Balaban J connectivity index is 0.00000289. The Kier molecular flexibility index (Phi) is 10.6. The summed E-state index contributed by atoms with van der Waals surface area (Å²) in [6.45, 7) is 7.08. The maximum Gasteiger partial charge on any atom is 0.195 e. The van der Waals surface area contributed by atoms with Crippen LogP contribution in [0.2, 0.25) is 0 Å². The van der Waals surface area contributed by atoms with E-state index in [1.165, 1.54) is 12.8 Å². The number of nitrogens with zero attached hydrogens (tertiary/aromatic N) is 2. The largest absolute Gasteiger partial charge is 0.490 e. The highest BCUT2D eigenvalue weighted by molar-refractivity contribution is 14.0. The van der Waals surface area contributed by atoms with Gasteiger partial charge in [0.15, 0.2) is 17.5 Å². The zero-order valence-corrected chi connectivity index (χ0v) is 21.3. The highest BCUT2D eigenvalue weighted by Gasteiger charge is 2.21. The summed E-state index contributed by atoms with van der Waals surface area (Å²) in [5.74, 6) is 3.11. The Bertz CT molecular complexity index is 732. The average molecular weight is 560 g/mol. The summed E-state index contributed by atoms with van der Waals surface area (Å²) in [6, 6.07) is 5.92. The van der Waals surface area contributed by atoms with Crippen LogP contribution in [-0.4, -0.2) is 83.2 Å². The van der Waals surface area contributed by atoms with E-state index in [2.05, 4.69) is 22.6 Å². The number of fused-ring (bicyclic) bond motifs is 1. The molecule has 4 rings (SSSR count). The molecule has 0 spiro atoms. The summed E-state index contributed by atoms with van der Waals surface area (Å²) in [6.07, 6.45) is 4.60. The molecule has 1 atom stereocenters. The zero-order valence-electron chi connectivity index (χ0n) is 19.0. The summed E-state index contributed by atoms with van der Waals surface area (Å²) < 4.78 is 23.2. The van der Waals surface area contributed by atoms with Crippen LogP contribution >= 0.6 is 24.0 Å². The molecule has 32 heavy (non-hydrogen) atoms. The fourth-order valence-electron chi connectivity index (χ4n) is 3.60. The highest BCUT2D eigenvalue weighted by atomic mass is 127. The number of likely N-dealkylation sites (N-methyl/N-ethyl adjacent to an activating group) is 1. The van der Waals surface area contributed by atoms with Crippen LogP contribution in [0, 0.1) is 5.92 Å². The van der Waals surface area contributed by atoms with Gasteiger partial charge >= 0.3 is 0 Å². The topological polar surface area (TPSA) is 76.6 Å². The van der Waals surface area contributed by atoms with Gasteiger partial charge in [0.05, 0.1) is 32.5 Å². The van der Waals surface area contributed by atoms with E-state index in [1.54, 1.807) is 0 Å². The molecule has 1 aromatic carbocycles. The number of ether oxygens (including phenoxy) is 4. The van der Waals surface area contributed by atoms with E-state index >= 15 is 0 Å². The molecule has 8 nitrogen and oxygen atoms in total. The van der Waals surface area contributed by atoms with Gasteiger partial charge in [-0.2, -0.15) is 0 Å². The van der Waals surface area contributed by atoms with Crippen LogP contribution < -0.4 is 20.1 Å². The van der Waals surface area contributed by atoms with Crippen LogP contribution in [0.3, 0.4) is 0 Å². The number of hydrogen-bond acceptors (Lipinski definition) is 6. The average Bonchev–Trinajstić information content (AvgIpc) is 3.61. The first kappa shape index (κ1) is 25.3. The molecule has 1 aliphatic carbocycles. The van der Waals surface area contributed by atoms with Crippen molar-refractivity contribution in [1.29, 1.82) is 0 Å². The Labute approximate surface area is 208 Å². The minimum Gasteiger partial charge on any atom is -0.490 e. The summed E-state index contributed by atoms with van der Waals surface area (Å²) in [4.78, 5) is 7.08. The molecule has 1 saturated carbocycles. The third-order valence-electron chi connectivity index (χ3n) is 5.61. The maximum atomic E-state index is 5.86. The van der Waals surface area contributed by atoms with Gasteiger partial charge < -0.3 is 34.5 Å². The van der Waals surface area contributed by atoms with Crippen molar-refractivity contribution in [3.63, 3.8) is 0 Å². The number of aliphatic imine (C=N–C) groups is 1. The molecule has 2 heterocycles. The number of halogens is 1. The monoisotopic (exact) mass is 560 g/mol. The predicted octanol–water partition coefficient (Wildman–Crippen LogP) is 2.97. The molecule has 2 fully saturated rings. The van der Waals surface area contributed by atoms with Crippen LogP contribution in [0.25, 0.3) is 0 Å². The molecule has 9 heteroatoms. The van der Waals surface area contributed by atoms with Gasteiger partial charge in [0.25, 0.3) is 0 Å². The van der Waals surface area contributed by atoms with Gasteiger partial charge in [-0.3, -0.25) is 4.99 Å². The number of guanidine groups is 1. The molecule has 1 aromatic rings. The Hall–Kier alpha value is -1.30. The lowest BCUT2D eigenvalue weighted by Crippen LogP contribution is -2.42. The molecule has 0 bridgehead atoms. The normalized spacial score (nSPS) is 21.4. The molecule has 2 N–H and O–H groups in total. The van der Waals surface area contributed by atoms with Crippen molar-refractivity contribution >= 4 is 35.6 Å². The lowest BCUT2D eigenvalue weighted by molar-refractivity contribution is -0.0136. The van der Waals surface area contributed by atoms with E-state index in [-0.39, 0.29) is 30.1 Å². The van der Waals surface area contributed by atoms with Gasteiger partial charge in [-0.1, -0.05) is 0 Å². The number of anilines is 1. The fourth-order valence-corrected chi connectivity index (χ4v) is 3.60. The van der Waals surface area contributed by atoms with Gasteiger partial charge in [-0.05, 0) is 44.4 Å². The molecule has 0 radical (unpaired) electrons. The van der Waals surface area contributed by atoms with Crippen LogP contribution in [0.15, 0.2) is 23.2 Å². The number of benzene rings is 1. The molecule has 0 amide bonds. The minimum atomic E-state index is 0. The van der Waals surface area contributed by atoms with Crippen molar-refractivity contribution in [3.05, 3.63) is 18.2 Å². The van der Waals surface area contributed by atoms with Gasteiger partial charge in [-0.25, -0.2) is 0 Å². The second-order valence-electron chi connectivity index (χ2n) is 8.58. The van der Waals surface area contributed by atoms with E-state index < -0.39 is 0 Å². The first-order valence-electron chi connectivity index (χ1n) is 11.6. The second kappa shape index (κ2) is 13.4. The van der Waals surface area contributed by atoms with Gasteiger partial charge in [-0.15, -0.1) is 24.0 Å². The molecular weight excluding hydrogens is 523 g/mol. The van der Waals surface area contributed by atoms with Crippen molar-refractivity contribution in [1.82, 2.24) is 10.2 Å². The van der Waals surface area contributed by atoms with Gasteiger partial charge in [0.1, 0.15) is 0 Å². The third-order valence-corrected chi connectivity index (χ3v) is 5.61. The van der Waals surface area contributed by atoms with Crippen molar-refractivity contribution in [2.24, 2.45) is 10.9 Å². The van der Waals surface area contributed by atoms with Crippen LogP contribution in [0.5, 0.6) is 11.5 Å². The summed E-state index contributed by atoms with van der Waals surface area (Å²) >= 11 is 0. The van der Waals surface area contributed by atoms with E-state index in [0.717, 1.165) is 81.4 Å². The molecule has 1 unspecified atom stereocenters. The third kappa shape index (κ3) is 8.57. The van der Waals surface area contributed by atoms with E-state index in [1.807, 2.05) is 18.2 Å². The Morgan fingerprint density at radius 1 is 1.19 bits per heavy atom. The number of morpholine rings is 1. The minimum absolute atomic E-state index is 0. The highest BCUT2D eigenvalue weighted by Crippen LogP contribution is 2.32. The van der Waals surface area contributed by atoms with Gasteiger partial charge in [0, 0.05) is 51.0 Å². The smallest absolute Gasteiger partial charge is 0.195 e. The van der Waals surface area contributed by atoms with Crippen LogP contribution in [0.4, 0.5) is 5.69 Å². The second-order valence-corrected chi connectivity index (χ2v) is 8.58. The first-order valence-corrected chi connectivity index (χ1v) is 11.6. The van der Waals surface area contributed by atoms with Crippen molar-refractivity contribution in [2.75, 3.05) is 71.6 Å². The summed E-state index contributed by atoms with van der Waals surface area (Å²) in [7, 11) is 2.12. The lowest BCUT2D eigenvalue weighted by Gasteiger charge is -2.29. The van der Waals surface area contributed by atoms with E-state index in [4.69, 9.17) is 23.9 Å². The van der Waals surface area contributed by atoms with Gasteiger partial charge in [0.2, 0.25) is 0 Å². The molecule has 3 aliphatic rings. The molecule has 1 saturated heterocycles. The lowest BCUT2D eigenvalue weighted by atomic mass is 10.2. The van der Waals surface area contributed by atoms with Crippen LogP contribution in [-0.2, 0) is 9.47 Å². The Morgan fingerprint density at radius 2 is 2.03 bits per heavy atom.